The van der Waals surface area contributed by atoms with E-state index in [9.17, 15) is 0 Å². The van der Waals surface area contributed by atoms with Crippen molar-refractivity contribution < 1.29 is 4.74 Å². The lowest BCUT2D eigenvalue weighted by Crippen LogP contribution is -2.38. The Morgan fingerprint density at radius 3 is 2.71 bits per heavy atom. The smallest absolute Gasteiger partial charge is 0.0470 e. The maximum Gasteiger partial charge on any atom is 0.0470 e. The van der Waals surface area contributed by atoms with Crippen LogP contribution in [0.15, 0.2) is 0 Å². The van der Waals surface area contributed by atoms with Crippen molar-refractivity contribution in [1.82, 2.24) is 0 Å². The highest BCUT2D eigenvalue weighted by Gasteiger charge is 2.39. The SMILES string of the molecule is COCCCSC1CCC(C)(C)C1N. The first kappa shape index (κ1) is 12.3. The van der Waals surface area contributed by atoms with Gasteiger partial charge in [-0.25, -0.2) is 0 Å². The van der Waals surface area contributed by atoms with Crippen molar-refractivity contribution in [2.45, 2.75) is 44.4 Å². The van der Waals surface area contributed by atoms with Crippen LogP contribution in [-0.4, -0.2) is 30.8 Å². The summed E-state index contributed by atoms with van der Waals surface area (Å²) in [5, 5.41) is 0.668. The van der Waals surface area contributed by atoms with E-state index < -0.39 is 0 Å². The molecule has 0 saturated heterocycles. The fraction of sp³-hybridized carbons (Fsp3) is 1.00. The zero-order chi connectivity index (χ0) is 10.6. The summed E-state index contributed by atoms with van der Waals surface area (Å²) in [6.45, 7) is 5.44. The van der Waals surface area contributed by atoms with Crippen molar-refractivity contribution in [3.05, 3.63) is 0 Å². The third-order valence-corrected chi connectivity index (χ3v) is 4.68. The molecule has 2 nitrogen and oxygen atoms in total. The molecule has 0 heterocycles. The molecule has 0 amide bonds. The van der Waals surface area contributed by atoms with E-state index in [1.807, 2.05) is 11.8 Å². The van der Waals surface area contributed by atoms with E-state index in [0.717, 1.165) is 13.0 Å². The van der Waals surface area contributed by atoms with E-state index in [2.05, 4.69) is 13.8 Å². The minimum absolute atomic E-state index is 0.346. The molecule has 0 bridgehead atoms. The zero-order valence-electron chi connectivity index (χ0n) is 9.58. The molecule has 1 saturated carbocycles. The van der Waals surface area contributed by atoms with Gasteiger partial charge in [0.2, 0.25) is 0 Å². The molecule has 0 radical (unpaired) electrons. The molecule has 1 fully saturated rings. The van der Waals surface area contributed by atoms with Crippen molar-refractivity contribution in [2.75, 3.05) is 19.5 Å². The largest absolute Gasteiger partial charge is 0.385 e. The van der Waals surface area contributed by atoms with Gasteiger partial charge in [-0.1, -0.05) is 13.8 Å². The molecule has 3 heteroatoms. The Kier molecular flexibility index (Phi) is 4.74. The number of nitrogens with two attached hydrogens (primary N) is 1. The van der Waals surface area contributed by atoms with Crippen molar-refractivity contribution >= 4 is 11.8 Å². The number of rotatable bonds is 5. The predicted octanol–water partition coefficient (Wildman–Crippen LogP) is 2.27. The zero-order valence-corrected chi connectivity index (χ0v) is 10.4. The van der Waals surface area contributed by atoms with Crippen LogP contribution in [-0.2, 0) is 4.74 Å². The molecular weight excluding hydrogens is 194 g/mol. The van der Waals surface area contributed by atoms with Crippen molar-refractivity contribution in [2.24, 2.45) is 11.1 Å². The summed E-state index contributed by atoms with van der Waals surface area (Å²) < 4.78 is 5.03. The van der Waals surface area contributed by atoms with Gasteiger partial charge in [-0.2, -0.15) is 11.8 Å². The first-order chi connectivity index (χ1) is 6.58. The van der Waals surface area contributed by atoms with Gasteiger partial charge < -0.3 is 10.5 Å². The lowest BCUT2D eigenvalue weighted by Gasteiger charge is -2.26. The first-order valence-corrected chi connectivity index (χ1v) is 6.49. The molecule has 0 aromatic rings. The highest BCUT2D eigenvalue weighted by molar-refractivity contribution is 7.99. The minimum atomic E-state index is 0.346. The maximum atomic E-state index is 6.22. The second-order valence-corrected chi connectivity index (χ2v) is 6.16. The number of methoxy groups -OCH3 is 1. The Labute approximate surface area is 92.0 Å². The van der Waals surface area contributed by atoms with Crippen LogP contribution in [0.4, 0.5) is 0 Å². The molecular formula is C11H23NOS. The Balaban J connectivity index is 2.20. The standard InChI is InChI=1S/C11H23NOS/c1-11(2)6-5-9(10(11)12)14-8-4-7-13-3/h9-10H,4-8,12H2,1-3H3. The lowest BCUT2D eigenvalue weighted by molar-refractivity contribution is 0.200. The number of thioether (sulfide) groups is 1. The number of hydrogen-bond acceptors (Lipinski definition) is 3. The Hall–Kier alpha value is 0.270. The Morgan fingerprint density at radius 2 is 2.21 bits per heavy atom. The van der Waals surface area contributed by atoms with Crippen LogP contribution in [0.5, 0.6) is 0 Å². The average Bonchev–Trinajstić information content (AvgIpc) is 2.39. The van der Waals surface area contributed by atoms with Crippen LogP contribution in [0.1, 0.15) is 33.1 Å². The maximum absolute atomic E-state index is 6.22. The van der Waals surface area contributed by atoms with Crippen molar-refractivity contribution in [3.63, 3.8) is 0 Å². The van der Waals surface area contributed by atoms with Gasteiger partial charge in [0, 0.05) is 25.0 Å². The molecule has 0 aliphatic heterocycles. The molecule has 0 spiro atoms. The van der Waals surface area contributed by atoms with Gasteiger partial charge in [0.1, 0.15) is 0 Å². The fourth-order valence-corrected chi connectivity index (χ4v) is 3.44. The van der Waals surface area contributed by atoms with E-state index in [-0.39, 0.29) is 0 Å². The second kappa shape index (κ2) is 5.38. The summed E-state index contributed by atoms with van der Waals surface area (Å²) in [5.41, 5.74) is 6.57. The van der Waals surface area contributed by atoms with Gasteiger partial charge in [-0.05, 0) is 30.4 Å². The molecule has 1 rings (SSSR count). The summed E-state index contributed by atoms with van der Waals surface area (Å²) >= 11 is 2.03. The third-order valence-electron chi connectivity index (χ3n) is 3.20. The van der Waals surface area contributed by atoms with Crippen LogP contribution in [0.2, 0.25) is 0 Å². The van der Waals surface area contributed by atoms with Gasteiger partial charge >= 0.3 is 0 Å². The van der Waals surface area contributed by atoms with Crippen LogP contribution < -0.4 is 5.73 Å². The molecule has 1 aliphatic rings. The molecule has 14 heavy (non-hydrogen) atoms. The molecule has 84 valence electrons. The second-order valence-electron chi connectivity index (χ2n) is 4.81. The number of ether oxygens (including phenoxy) is 1. The Bertz CT molecular complexity index is 173. The van der Waals surface area contributed by atoms with E-state index in [1.165, 1.54) is 18.6 Å². The summed E-state index contributed by atoms with van der Waals surface area (Å²) in [7, 11) is 1.76. The van der Waals surface area contributed by atoms with E-state index >= 15 is 0 Å². The monoisotopic (exact) mass is 217 g/mol. The molecule has 0 aromatic carbocycles. The van der Waals surface area contributed by atoms with Crippen LogP contribution in [0, 0.1) is 5.41 Å². The predicted molar refractivity (Wildman–Crippen MR) is 63.7 cm³/mol. The van der Waals surface area contributed by atoms with E-state index in [0.29, 0.717) is 16.7 Å². The highest BCUT2D eigenvalue weighted by Crippen LogP contribution is 2.41. The highest BCUT2D eigenvalue weighted by atomic mass is 32.2. The quantitative estimate of drug-likeness (QED) is 0.718. The fourth-order valence-electron chi connectivity index (χ4n) is 1.99. The molecule has 2 unspecified atom stereocenters. The van der Waals surface area contributed by atoms with Crippen molar-refractivity contribution in [1.29, 1.82) is 0 Å². The van der Waals surface area contributed by atoms with Gasteiger partial charge in [-0.3, -0.25) is 0 Å². The van der Waals surface area contributed by atoms with Gasteiger partial charge in [0.15, 0.2) is 0 Å². The first-order valence-electron chi connectivity index (χ1n) is 5.44. The number of hydrogen-bond donors (Lipinski definition) is 1. The Morgan fingerprint density at radius 1 is 1.50 bits per heavy atom. The van der Waals surface area contributed by atoms with Crippen LogP contribution in [0.3, 0.4) is 0 Å². The van der Waals surface area contributed by atoms with Crippen LogP contribution in [0.25, 0.3) is 0 Å². The normalized spacial score (nSPS) is 30.9. The van der Waals surface area contributed by atoms with Gasteiger partial charge in [0.25, 0.3) is 0 Å². The molecule has 0 aromatic heterocycles. The van der Waals surface area contributed by atoms with Gasteiger partial charge in [0.05, 0.1) is 0 Å². The average molecular weight is 217 g/mol. The van der Waals surface area contributed by atoms with Crippen LogP contribution >= 0.6 is 11.8 Å². The summed E-state index contributed by atoms with van der Waals surface area (Å²) in [5.74, 6) is 1.18. The van der Waals surface area contributed by atoms with E-state index in [4.69, 9.17) is 10.5 Å². The van der Waals surface area contributed by atoms with Crippen molar-refractivity contribution in [3.8, 4) is 0 Å². The molecule has 2 atom stereocenters. The third kappa shape index (κ3) is 3.14. The van der Waals surface area contributed by atoms with E-state index in [1.54, 1.807) is 7.11 Å². The summed E-state index contributed by atoms with van der Waals surface area (Å²) in [6.07, 6.45) is 3.70. The summed E-state index contributed by atoms with van der Waals surface area (Å²) in [6, 6.07) is 0.370. The lowest BCUT2D eigenvalue weighted by atomic mass is 9.88. The molecule has 1 aliphatic carbocycles. The molecule has 2 N–H and O–H groups in total. The van der Waals surface area contributed by atoms with Gasteiger partial charge in [-0.15, -0.1) is 0 Å². The topological polar surface area (TPSA) is 35.2 Å². The minimum Gasteiger partial charge on any atom is -0.385 e. The summed E-state index contributed by atoms with van der Waals surface area (Å²) in [4.78, 5) is 0.